The highest BCUT2D eigenvalue weighted by Crippen LogP contribution is 2.29. The number of amides is 2. The lowest BCUT2D eigenvalue weighted by Crippen LogP contribution is -2.41. The van der Waals surface area contributed by atoms with Gasteiger partial charge in [-0.2, -0.15) is 0 Å². The topological polar surface area (TPSA) is 71.1 Å². The van der Waals surface area contributed by atoms with Crippen molar-refractivity contribution in [3.63, 3.8) is 0 Å². The van der Waals surface area contributed by atoms with Crippen LogP contribution in [0.5, 0.6) is 0 Å². The van der Waals surface area contributed by atoms with Crippen LogP contribution in [0.4, 0.5) is 5.13 Å². The lowest BCUT2D eigenvalue weighted by Gasteiger charge is -2.19. The fourth-order valence-electron chi connectivity index (χ4n) is 3.09. The molecule has 6 heteroatoms. The van der Waals surface area contributed by atoms with Crippen molar-refractivity contribution in [2.75, 3.05) is 5.32 Å². The molecule has 0 radical (unpaired) electrons. The molecule has 1 atom stereocenters. The number of thiazole rings is 1. The van der Waals surface area contributed by atoms with Gasteiger partial charge < -0.3 is 10.6 Å². The zero-order chi connectivity index (χ0) is 19.6. The highest BCUT2D eigenvalue weighted by molar-refractivity contribution is 7.15. The fourth-order valence-corrected chi connectivity index (χ4v) is 4.14. The van der Waals surface area contributed by atoms with Crippen LogP contribution in [0.25, 0.3) is 0 Å². The van der Waals surface area contributed by atoms with E-state index in [0.717, 1.165) is 30.5 Å². The van der Waals surface area contributed by atoms with Crippen LogP contribution in [0.3, 0.4) is 0 Å². The van der Waals surface area contributed by atoms with Crippen LogP contribution in [-0.2, 0) is 23.1 Å². The fraction of sp³-hybridized carbons (Fsp3) is 0.476. The van der Waals surface area contributed by atoms with Crippen molar-refractivity contribution < 1.29 is 9.59 Å². The van der Waals surface area contributed by atoms with E-state index < -0.39 is 6.04 Å². The number of benzene rings is 1. The molecule has 0 bridgehead atoms. The number of rotatable bonds is 4. The summed E-state index contributed by atoms with van der Waals surface area (Å²) in [5.41, 5.74) is 2.86. The van der Waals surface area contributed by atoms with Gasteiger partial charge in [-0.25, -0.2) is 4.98 Å². The second-order valence-corrected chi connectivity index (χ2v) is 9.19. The third-order valence-corrected chi connectivity index (χ3v) is 5.90. The number of nitrogens with one attached hydrogen (secondary N) is 2. The monoisotopic (exact) mass is 385 g/mol. The van der Waals surface area contributed by atoms with Gasteiger partial charge in [0.25, 0.3) is 5.91 Å². The first kappa shape index (κ1) is 19.5. The molecular formula is C21H27N3O2S. The summed E-state index contributed by atoms with van der Waals surface area (Å²) in [5, 5.41) is 6.23. The molecule has 1 aliphatic rings. The molecule has 27 heavy (non-hydrogen) atoms. The number of carbonyl (C=O) groups is 2. The van der Waals surface area contributed by atoms with Crippen LogP contribution in [0.2, 0.25) is 0 Å². The minimum atomic E-state index is -0.638. The molecule has 1 unspecified atom stereocenters. The number of fused-ring (bicyclic) bond motifs is 1. The van der Waals surface area contributed by atoms with Gasteiger partial charge in [0, 0.05) is 10.4 Å². The Kier molecular flexibility index (Phi) is 5.65. The molecule has 144 valence electrons. The predicted octanol–water partition coefficient (Wildman–Crippen LogP) is 4.08. The van der Waals surface area contributed by atoms with Crippen molar-refractivity contribution in [1.29, 1.82) is 0 Å². The van der Waals surface area contributed by atoms with Gasteiger partial charge >= 0.3 is 0 Å². The zero-order valence-electron chi connectivity index (χ0n) is 16.4. The Bertz CT molecular complexity index is 811. The van der Waals surface area contributed by atoms with E-state index in [1.807, 2.05) is 12.1 Å². The number of anilines is 1. The number of aromatic nitrogens is 1. The third kappa shape index (κ3) is 4.75. The number of hydrogen-bond donors (Lipinski definition) is 2. The Morgan fingerprint density at radius 3 is 2.41 bits per heavy atom. The number of hydrogen-bond acceptors (Lipinski definition) is 4. The van der Waals surface area contributed by atoms with E-state index in [1.54, 1.807) is 30.4 Å². The van der Waals surface area contributed by atoms with Crippen molar-refractivity contribution in [2.24, 2.45) is 0 Å². The summed E-state index contributed by atoms with van der Waals surface area (Å²) in [6.07, 6.45) is 4.37. The van der Waals surface area contributed by atoms with E-state index in [-0.39, 0.29) is 17.2 Å². The van der Waals surface area contributed by atoms with Crippen molar-refractivity contribution >= 4 is 28.3 Å². The van der Waals surface area contributed by atoms with E-state index in [0.29, 0.717) is 10.7 Å². The van der Waals surface area contributed by atoms with E-state index in [4.69, 9.17) is 0 Å². The van der Waals surface area contributed by atoms with Gasteiger partial charge in [-0.15, -0.1) is 11.3 Å². The average Bonchev–Trinajstić information content (AvgIpc) is 3.03. The maximum absolute atomic E-state index is 12.4. The van der Waals surface area contributed by atoms with Gasteiger partial charge in [-0.1, -0.05) is 32.9 Å². The Labute approximate surface area is 164 Å². The summed E-state index contributed by atoms with van der Waals surface area (Å²) >= 11 is 1.54. The van der Waals surface area contributed by atoms with Crippen LogP contribution in [0, 0.1) is 0 Å². The molecule has 0 spiro atoms. The number of aryl methyl sites for hydroxylation is 2. The summed E-state index contributed by atoms with van der Waals surface area (Å²) in [7, 11) is 0. The molecule has 0 fully saturated rings. The molecule has 0 saturated carbocycles. The Balaban J connectivity index is 1.59. The Morgan fingerprint density at radius 2 is 1.78 bits per heavy atom. The normalized spacial score (nSPS) is 15.0. The van der Waals surface area contributed by atoms with Gasteiger partial charge in [0.2, 0.25) is 5.91 Å². The first-order chi connectivity index (χ1) is 12.7. The summed E-state index contributed by atoms with van der Waals surface area (Å²) in [4.78, 5) is 30.6. The third-order valence-electron chi connectivity index (χ3n) is 4.83. The second kappa shape index (κ2) is 7.80. The first-order valence-electron chi connectivity index (χ1n) is 9.45. The largest absolute Gasteiger partial charge is 0.341 e. The number of carbonyl (C=O) groups excluding carboxylic acids is 2. The predicted molar refractivity (Wildman–Crippen MR) is 109 cm³/mol. The average molecular weight is 386 g/mol. The highest BCUT2D eigenvalue weighted by atomic mass is 32.1. The van der Waals surface area contributed by atoms with Gasteiger partial charge in [-0.05, 0) is 55.7 Å². The zero-order valence-corrected chi connectivity index (χ0v) is 17.2. The van der Waals surface area contributed by atoms with E-state index >= 15 is 0 Å². The van der Waals surface area contributed by atoms with E-state index in [1.165, 1.54) is 11.3 Å². The van der Waals surface area contributed by atoms with Crippen LogP contribution < -0.4 is 10.6 Å². The van der Waals surface area contributed by atoms with Gasteiger partial charge in [0.05, 0.1) is 5.69 Å². The summed E-state index contributed by atoms with van der Waals surface area (Å²) in [6.45, 7) is 8.07. The molecule has 1 aliphatic carbocycles. The molecule has 0 saturated heterocycles. The van der Waals surface area contributed by atoms with Crippen molar-refractivity contribution in [3.05, 3.63) is 46.0 Å². The molecule has 2 N–H and O–H groups in total. The molecule has 1 aromatic heterocycles. The van der Waals surface area contributed by atoms with Gasteiger partial charge in [-0.3, -0.25) is 9.59 Å². The van der Waals surface area contributed by atoms with Crippen molar-refractivity contribution in [2.45, 2.75) is 64.8 Å². The maximum atomic E-state index is 12.4. The number of nitrogens with zero attached hydrogens (tertiary/aromatic N) is 1. The molecule has 2 amide bonds. The van der Waals surface area contributed by atoms with Crippen LogP contribution in [-0.4, -0.2) is 22.8 Å². The molecule has 2 aromatic rings. The summed E-state index contributed by atoms with van der Waals surface area (Å²) in [5.74, 6) is -0.502. The molecule has 5 nitrogen and oxygen atoms in total. The first-order valence-corrected chi connectivity index (χ1v) is 10.3. The molecule has 1 aromatic carbocycles. The second-order valence-electron chi connectivity index (χ2n) is 8.11. The van der Waals surface area contributed by atoms with E-state index in [2.05, 4.69) is 36.4 Å². The van der Waals surface area contributed by atoms with Crippen molar-refractivity contribution in [1.82, 2.24) is 10.3 Å². The molecule has 0 aliphatic heterocycles. The standard InChI is InChI=1S/C21H27N3O2S/c1-13(18(25)24-20-23-16-7-5-6-8-17(16)27-20)22-19(26)14-9-11-15(12-10-14)21(2,3)4/h9-13H,5-8H2,1-4H3,(H,22,26)(H,23,24,25). The van der Waals surface area contributed by atoms with Crippen molar-refractivity contribution in [3.8, 4) is 0 Å². The van der Waals surface area contributed by atoms with Gasteiger partial charge in [0.15, 0.2) is 5.13 Å². The lowest BCUT2D eigenvalue weighted by atomic mass is 9.86. The smallest absolute Gasteiger partial charge is 0.251 e. The summed E-state index contributed by atoms with van der Waals surface area (Å²) in [6, 6.07) is 6.88. The van der Waals surface area contributed by atoms with Crippen LogP contribution in [0.1, 0.15) is 67.0 Å². The maximum Gasteiger partial charge on any atom is 0.251 e. The Hall–Kier alpha value is -2.21. The SMILES string of the molecule is CC(NC(=O)c1ccc(C(C)(C)C)cc1)C(=O)Nc1nc2c(s1)CCCC2. The minimum absolute atomic E-state index is 0.0368. The van der Waals surface area contributed by atoms with Crippen LogP contribution in [0.15, 0.2) is 24.3 Å². The Morgan fingerprint density at radius 1 is 1.11 bits per heavy atom. The quantitative estimate of drug-likeness (QED) is 0.833. The molecular weight excluding hydrogens is 358 g/mol. The highest BCUT2D eigenvalue weighted by Gasteiger charge is 2.21. The van der Waals surface area contributed by atoms with Crippen LogP contribution >= 0.6 is 11.3 Å². The summed E-state index contributed by atoms with van der Waals surface area (Å²) < 4.78 is 0. The van der Waals surface area contributed by atoms with E-state index in [9.17, 15) is 9.59 Å². The van der Waals surface area contributed by atoms with Gasteiger partial charge in [0.1, 0.15) is 6.04 Å². The molecule has 3 rings (SSSR count). The lowest BCUT2D eigenvalue weighted by molar-refractivity contribution is -0.117. The molecule has 1 heterocycles. The minimum Gasteiger partial charge on any atom is -0.341 e.